The molecule has 0 N–H and O–H groups in total. The summed E-state index contributed by atoms with van der Waals surface area (Å²) in [7, 11) is 0. The number of aryl methyl sites for hydroxylation is 2. The van der Waals surface area contributed by atoms with Crippen molar-refractivity contribution in [3.63, 3.8) is 0 Å². The van der Waals surface area contributed by atoms with E-state index in [9.17, 15) is 4.79 Å². The number of fused-ring (bicyclic) bond motifs is 1. The van der Waals surface area contributed by atoms with Gasteiger partial charge in [0.05, 0.1) is 12.3 Å². The molecule has 2 heterocycles. The highest BCUT2D eigenvalue weighted by molar-refractivity contribution is 5.65. The first-order valence-electron chi connectivity index (χ1n) is 5.59. The van der Waals surface area contributed by atoms with E-state index in [1.807, 2.05) is 25.4 Å². The van der Waals surface area contributed by atoms with Gasteiger partial charge in [-0.05, 0) is 25.3 Å². The second kappa shape index (κ2) is 4.95. The van der Waals surface area contributed by atoms with Crippen LogP contribution in [-0.2, 0) is 16.0 Å². The molecule has 5 heteroatoms. The first-order valence-corrected chi connectivity index (χ1v) is 5.59. The third-order valence-corrected chi connectivity index (χ3v) is 2.40. The molecule has 17 heavy (non-hydrogen) atoms. The molecule has 0 aliphatic carbocycles. The van der Waals surface area contributed by atoms with Gasteiger partial charge in [-0.15, -0.1) is 0 Å². The normalized spacial score (nSPS) is 10.7. The standard InChI is InChI=1S/C12H15N3O2/c1-9-6-12-13-7-11(8-15(12)14-9)4-3-5-17-10(2)16/h6-8H,3-5H2,1-2H3. The molecule has 90 valence electrons. The summed E-state index contributed by atoms with van der Waals surface area (Å²) in [4.78, 5) is 14.9. The number of nitrogens with zero attached hydrogens (tertiary/aromatic N) is 3. The highest BCUT2D eigenvalue weighted by atomic mass is 16.5. The first-order chi connectivity index (χ1) is 8.15. The molecule has 0 unspecified atom stereocenters. The summed E-state index contributed by atoms with van der Waals surface area (Å²) >= 11 is 0. The van der Waals surface area contributed by atoms with Crippen molar-refractivity contribution in [1.82, 2.24) is 14.6 Å². The molecule has 0 spiro atoms. The number of ether oxygens (including phenoxy) is 1. The van der Waals surface area contributed by atoms with Crippen molar-refractivity contribution >= 4 is 11.6 Å². The average Bonchev–Trinajstić information content (AvgIpc) is 2.63. The van der Waals surface area contributed by atoms with E-state index in [0.29, 0.717) is 6.61 Å². The van der Waals surface area contributed by atoms with Crippen molar-refractivity contribution in [2.75, 3.05) is 6.61 Å². The van der Waals surface area contributed by atoms with Gasteiger partial charge in [-0.25, -0.2) is 9.50 Å². The molecule has 2 aromatic heterocycles. The molecule has 0 saturated heterocycles. The molecule has 2 aromatic rings. The van der Waals surface area contributed by atoms with Crippen molar-refractivity contribution in [1.29, 1.82) is 0 Å². The molecule has 0 amide bonds. The van der Waals surface area contributed by atoms with Gasteiger partial charge in [-0.1, -0.05) is 0 Å². The Morgan fingerprint density at radius 1 is 1.53 bits per heavy atom. The zero-order valence-electron chi connectivity index (χ0n) is 10.0. The molecule has 0 aromatic carbocycles. The molecular formula is C12H15N3O2. The van der Waals surface area contributed by atoms with Crippen molar-refractivity contribution in [3.05, 3.63) is 29.7 Å². The summed E-state index contributed by atoms with van der Waals surface area (Å²) in [5.41, 5.74) is 2.90. The zero-order valence-corrected chi connectivity index (χ0v) is 10.0. The lowest BCUT2D eigenvalue weighted by molar-refractivity contribution is -0.141. The average molecular weight is 233 g/mol. The maximum Gasteiger partial charge on any atom is 0.302 e. The van der Waals surface area contributed by atoms with Crippen LogP contribution in [0.3, 0.4) is 0 Å². The van der Waals surface area contributed by atoms with Crippen LogP contribution in [0.2, 0.25) is 0 Å². The number of esters is 1. The summed E-state index contributed by atoms with van der Waals surface area (Å²) in [5, 5.41) is 4.30. The SMILES string of the molecule is CC(=O)OCCCc1cnc2cc(C)nn2c1. The Hall–Kier alpha value is -1.91. The Labute approximate surface area is 99.4 Å². The quantitative estimate of drug-likeness (QED) is 0.593. The van der Waals surface area contributed by atoms with Gasteiger partial charge in [0.25, 0.3) is 0 Å². The van der Waals surface area contributed by atoms with E-state index in [1.165, 1.54) is 6.92 Å². The second-order valence-electron chi connectivity index (χ2n) is 3.99. The lowest BCUT2D eigenvalue weighted by Crippen LogP contribution is -2.02. The largest absolute Gasteiger partial charge is 0.466 e. The minimum Gasteiger partial charge on any atom is -0.466 e. The topological polar surface area (TPSA) is 56.5 Å². The summed E-state index contributed by atoms with van der Waals surface area (Å²) in [6.07, 6.45) is 5.43. The van der Waals surface area contributed by atoms with Crippen molar-refractivity contribution < 1.29 is 9.53 Å². The van der Waals surface area contributed by atoms with Gasteiger partial charge in [0, 0.05) is 25.4 Å². The molecule has 5 nitrogen and oxygen atoms in total. The van der Waals surface area contributed by atoms with Gasteiger partial charge in [0.1, 0.15) is 0 Å². The Balaban J connectivity index is 1.96. The minimum atomic E-state index is -0.235. The van der Waals surface area contributed by atoms with E-state index in [1.54, 1.807) is 4.52 Å². The maximum absolute atomic E-state index is 10.6. The summed E-state index contributed by atoms with van der Waals surface area (Å²) < 4.78 is 6.65. The number of rotatable bonds is 4. The fourth-order valence-electron chi connectivity index (χ4n) is 1.66. The van der Waals surface area contributed by atoms with Gasteiger partial charge in [-0.2, -0.15) is 5.10 Å². The predicted octanol–water partition coefficient (Wildman–Crippen LogP) is 1.53. The lowest BCUT2D eigenvalue weighted by Gasteiger charge is -2.02. The van der Waals surface area contributed by atoms with Gasteiger partial charge < -0.3 is 4.74 Å². The molecule has 0 atom stereocenters. The second-order valence-corrected chi connectivity index (χ2v) is 3.99. The van der Waals surface area contributed by atoms with Crippen LogP contribution in [-0.4, -0.2) is 27.2 Å². The molecular weight excluding hydrogens is 218 g/mol. The Kier molecular flexibility index (Phi) is 3.37. The van der Waals surface area contributed by atoms with E-state index in [0.717, 1.165) is 29.7 Å². The fraction of sp³-hybridized carbons (Fsp3) is 0.417. The number of hydrogen-bond acceptors (Lipinski definition) is 4. The van der Waals surface area contributed by atoms with Crippen LogP contribution in [0.1, 0.15) is 24.6 Å². The Bertz CT molecular complexity index is 534. The fourth-order valence-corrected chi connectivity index (χ4v) is 1.66. The number of hydrogen-bond donors (Lipinski definition) is 0. The van der Waals surface area contributed by atoms with Gasteiger partial charge in [-0.3, -0.25) is 4.79 Å². The van der Waals surface area contributed by atoms with Crippen LogP contribution < -0.4 is 0 Å². The molecule has 0 saturated carbocycles. The van der Waals surface area contributed by atoms with E-state index < -0.39 is 0 Å². The van der Waals surface area contributed by atoms with Gasteiger partial charge in [0.2, 0.25) is 0 Å². The van der Waals surface area contributed by atoms with E-state index in [-0.39, 0.29) is 5.97 Å². The zero-order chi connectivity index (χ0) is 12.3. The van der Waals surface area contributed by atoms with Gasteiger partial charge >= 0.3 is 5.97 Å². The van der Waals surface area contributed by atoms with Crippen molar-refractivity contribution in [3.8, 4) is 0 Å². The van der Waals surface area contributed by atoms with E-state index in [2.05, 4.69) is 10.1 Å². The van der Waals surface area contributed by atoms with Crippen molar-refractivity contribution in [2.24, 2.45) is 0 Å². The van der Waals surface area contributed by atoms with Crippen molar-refractivity contribution in [2.45, 2.75) is 26.7 Å². The molecule has 0 bridgehead atoms. The molecule has 0 aliphatic rings. The first kappa shape index (κ1) is 11.6. The molecule has 0 radical (unpaired) electrons. The van der Waals surface area contributed by atoms with Crippen LogP contribution in [0, 0.1) is 6.92 Å². The number of carbonyl (C=O) groups is 1. The third kappa shape index (κ3) is 3.03. The summed E-state index contributed by atoms with van der Waals surface area (Å²) in [6.45, 7) is 3.81. The smallest absolute Gasteiger partial charge is 0.302 e. The monoisotopic (exact) mass is 233 g/mol. The van der Waals surface area contributed by atoms with E-state index in [4.69, 9.17) is 4.74 Å². The third-order valence-electron chi connectivity index (χ3n) is 2.40. The van der Waals surface area contributed by atoms with Crippen LogP contribution in [0.25, 0.3) is 5.65 Å². The van der Waals surface area contributed by atoms with Crippen LogP contribution in [0.4, 0.5) is 0 Å². The van der Waals surface area contributed by atoms with Gasteiger partial charge in [0.15, 0.2) is 5.65 Å². The Morgan fingerprint density at radius 2 is 2.35 bits per heavy atom. The number of aromatic nitrogens is 3. The van der Waals surface area contributed by atoms with Crippen LogP contribution in [0.15, 0.2) is 18.5 Å². The number of carbonyl (C=O) groups excluding carboxylic acids is 1. The maximum atomic E-state index is 10.6. The highest BCUT2D eigenvalue weighted by Crippen LogP contribution is 2.06. The summed E-state index contributed by atoms with van der Waals surface area (Å²) in [6, 6.07) is 1.93. The molecule has 0 fully saturated rings. The summed E-state index contributed by atoms with van der Waals surface area (Å²) in [5.74, 6) is -0.235. The van der Waals surface area contributed by atoms with Crippen LogP contribution >= 0.6 is 0 Å². The van der Waals surface area contributed by atoms with Crippen LogP contribution in [0.5, 0.6) is 0 Å². The minimum absolute atomic E-state index is 0.235. The highest BCUT2D eigenvalue weighted by Gasteiger charge is 2.01. The molecule has 2 rings (SSSR count). The predicted molar refractivity (Wildman–Crippen MR) is 62.7 cm³/mol. The lowest BCUT2D eigenvalue weighted by atomic mass is 10.2. The van der Waals surface area contributed by atoms with E-state index >= 15 is 0 Å². The molecule has 0 aliphatic heterocycles. The Morgan fingerprint density at radius 3 is 3.12 bits per heavy atom.